The number of rotatable bonds is 3. The van der Waals surface area contributed by atoms with E-state index in [1.165, 1.54) is 11.3 Å². The normalized spacial score (nSPS) is 9.53. The van der Waals surface area contributed by atoms with E-state index in [-0.39, 0.29) is 5.91 Å². The van der Waals surface area contributed by atoms with Gasteiger partial charge < -0.3 is 11.1 Å². The van der Waals surface area contributed by atoms with E-state index < -0.39 is 0 Å². The van der Waals surface area contributed by atoms with Gasteiger partial charge in [0.15, 0.2) is 0 Å². The third kappa shape index (κ3) is 3.91. The second-order valence-electron chi connectivity index (χ2n) is 3.75. The molecule has 0 atom stereocenters. The van der Waals surface area contributed by atoms with Crippen molar-refractivity contribution < 1.29 is 4.79 Å². The number of nitrogens with two attached hydrogens (primary N) is 1. The van der Waals surface area contributed by atoms with Crippen LogP contribution >= 0.6 is 11.3 Å². The zero-order valence-corrected chi connectivity index (χ0v) is 11.0. The number of aromatic nitrogens is 1. The first-order chi connectivity index (χ1) is 9.29. The van der Waals surface area contributed by atoms with Gasteiger partial charge in [-0.2, -0.15) is 0 Å². The second kappa shape index (κ2) is 6.69. The van der Waals surface area contributed by atoms with E-state index in [9.17, 15) is 4.79 Å². The third-order valence-electron chi connectivity index (χ3n) is 2.35. The number of hydrogen-bond acceptors (Lipinski definition) is 4. The Labute approximate surface area is 115 Å². The van der Waals surface area contributed by atoms with E-state index in [2.05, 4.69) is 22.1 Å². The molecule has 0 fully saturated rings. The maximum Gasteiger partial charge on any atom is 0.252 e. The van der Waals surface area contributed by atoms with Gasteiger partial charge in [0.1, 0.15) is 0 Å². The topological polar surface area (TPSA) is 68.0 Å². The first kappa shape index (κ1) is 13.3. The Bertz CT molecular complexity index is 610. The van der Waals surface area contributed by atoms with Crippen molar-refractivity contribution in [2.45, 2.75) is 6.54 Å². The van der Waals surface area contributed by atoms with E-state index >= 15 is 0 Å². The first-order valence-corrected chi connectivity index (χ1v) is 6.62. The molecular weight excluding hydrogens is 258 g/mol. The van der Waals surface area contributed by atoms with Crippen LogP contribution in [-0.2, 0) is 6.54 Å². The van der Waals surface area contributed by atoms with Gasteiger partial charge in [-0.05, 0) is 17.7 Å². The molecule has 0 saturated heterocycles. The van der Waals surface area contributed by atoms with Crippen molar-refractivity contribution in [1.82, 2.24) is 10.3 Å². The molecule has 19 heavy (non-hydrogen) atoms. The maximum atomic E-state index is 11.9. The lowest BCUT2D eigenvalue weighted by molar-refractivity contribution is 0.0951. The number of carbonyl (C=O) groups excluding carboxylic acids is 1. The van der Waals surface area contributed by atoms with Gasteiger partial charge in [0.25, 0.3) is 5.91 Å². The minimum atomic E-state index is -0.110. The molecule has 3 N–H and O–H groups in total. The van der Waals surface area contributed by atoms with Crippen LogP contribution in [0.15, 0.2) is 36.0 Å². The van der Waals surface area contributed by atoms with E-state index in [0.717, 1.165) is 10.4 Å². The van der Waals surface area contributed by atoms with E-state index in [1.807, 2.05) is 12.1 Å². The molecule has 0 aliphatic heterocycles. The molecule has 96 valence electrons. The molecule has 4 nitrogen and oxygen atoms in total. The van der Waals surface area contributed by atoms with Crippen molar-refractivity contribution in [2.75, 3.05) is 6.54 Å². The molecule has 0 aliphatic rings. The van der Waals surface area contributed by atoms with Crippen LogP contribution in [-0.4, -0.2) is 17.4 Å². The predicted octanol–water partition coefficient (Wildman–Crippen LogP) is 1.38. The van der Waals surface area contributed by atoms with Crippen molar-refractivity contribution in [3.05, 3.63) is 52.0 Å². The van der Waals surface area contributed by atoms with Crippen LogP contribution in [0.3, 0.4) is 0 Å². The molecule has 2 aromatic rings. The van der Waals surface area contributed by atoms with Crippen molar-refractivity contribution in [3.8, 4) is 11.8 Å². The number of nitrogens with zero attached hydrogens (tertiary/aromatic N) is 1. The highest BCUT2D eigenvalue weighted by atomic mass is 32.1. The smallest absolute Gasteiger partial charge is 0.252 e. The Hall–Kier alpha value is -2.16. The number of carbonyl (C=O) groups is 1. The van der Waals surface area contributed by atoms with E-state index in [0.29, 0.717) is 18.7 Å². The predicted molar refractivity (Wildman–Crippen MR) is 75.7 cm³/mol. The molecule has 0 radical (unpaired) electrons. The molecule has 0 aliphatic carbocycles. The Kier molecular flexibility index (Phi) is 4.67. The van der Waals surface area contributed by atoms with E-state index in [4.69, 9.17) is 5.73 Å². The first-order valence-electron chi connectivity index (χ1n) is 5.74. The summed E-state index contributed by atoms with van der Waals surface area (Å²) in [6.45, 7) is 0.784. The molecule has 0 bridgehead atoms. The summed E-state index contributed by atoms with van der Waals surface area (Å²) in [6.07, 6.45) is 3.43. The van der Waals surface area contributed by atoms with Gasteiger partial charge >= 0.3 is 0 Å². The van der Waals surface area contributed by atoms with Crippen LogP contribution in [0.25, 0.3) is 0 Å². The standard InChI is InChI=1S/C14H13N3OS/c15-5-1-4-13-7-12(10-19-13)14(18)17-9-11-3-2-6-16-8-11/h2-3,6-8,10H,5,9,15H2,(H,17,18). The maximum absolute atomic E-state index is 11.9. The molecule has 2 aromatic heterocycles. The summed E-state index contributed by atoms with van der Waals surface area (Å²) < 4.78 is 0. The van der Waals surface area contributed by atoms with Crippen LogP contribution < -0.4 is 11.1 Å². The van der Waals surface area contributed by atoms with Crippen LogP contribution in [0.5, 0.6) is 0 Å². The summed E-state index contributed by atoms with van der Waals surface area (Å²) in [7, 11) is 0. The van der Waals surface area contributed by atoms with Gasteiger partial charge in [-0.1, -0.05) is 17.9 Å². The van der Waals surface area contributed by atoms with Crippen molar-refractivity contribution in [1.29, 1.82) is 0 Å². The van der Waals surface area contributed by atoms with Gasteiger partial charge in [-0.3, -0.25) is 9.78 Å². The molecule has 0 aromatic carbocycles. The number of hydrogen-bond donors (Lipinski definition) is 2. The van der Waals surface area contributed by atoms with Crippen molar-refractivity contribution in [3.63, 3.8) is 0 Å². The summed E-state index contributed by atoms with van der Waals surface area (Å²) in [6, 6.07) is 5.53. The molecule has 0 unspecified atom stereocenters. The van der Waals surface area contributed by atoms with Gasteiger partial charge in [0.05, 0.1) is 17.0 Å². The lowest BCUT2D eigenvalue weighted by Gasteiger charge is -2.02. The lowest BCUT2D eigenvalue weighted by atomic mass is 10.2. The number of pyridine rings is 1. The third-order valence-corrected chi connectivity index (χ3v) is 3.20. The number of nitrogens with one attached hydrogen (secondary N) is 1. The van der Waals surface area contributed by atoms with Crippen LogP contribution in [0.1, 0.15) is 20.8 Å². The van der Waals surface area contributed by atoms with Crippen molar-refractivity contribution >= 4 is 17.2 Å². The summed E-state index contributed by atoms with van der Waals surface area (Å²) >= 11 is 1.44. The zero-order chi connectivity index (χ0) is 13.5. The minimum Gasteiger partial charge on any atom is -0.348 e. The number of amides is 1. The molecule has 2 heterocycles. The van der Waals surface area contributed by atoms with Gasteiger partial charge in [-0.15, -0.1) is 11.3 Å². The highest BCUT2D eigenvalue weighted by Gasteiger charge is 2.07. The van der Waals surface area contributed by atoms with Crippen LogP contribution in [0.2, 0.25) is 0 Å². The fraction of sp³-hybridized carbons (Fsp3) is 0.143. The highest BCUT2D eigenvalue weighted by Crippen LogP contribution is 2.13. The summed E-state index contributed by atoms with van der Waals surface area (Å²) in [5.41, 5.74) is 6.89. The Morgan fingerprint density at radius 3 is 3.16 bits per heavy atom. The Balaban J connectivity index is 1.95. The monoisotopic (exact) mass is 271 g/mol. The molecule has 0 spiro atoms. The minimum absolute atomic E-state index is 0.110. The molecule has 5 heteroatoms. The summed E-state index contributed by atoms with van der Waals surface area (Å²) in [5, 5.41) is 4.63. The Morgan fingerprint density at radius 2 is 2.42 bits per heavy atom. The SMILES string of the molecule is NCC#Cc1cc(C(=O)NCc2cccnc2)cs1. The quantitative estimate of drug-likeness (QED) is 0.829. The summed E-state index contributed by atoms with van der Waals surface area (Å²) in [5.74, 6) is 5.56. The van der Waals surface area contributed by atoms with Crippen LogP contribution in [0, 0.1) is 11.8 Å². The zero-order valence-electron chi connectivity index (χ0n) is 10.2. The molecule has 0 saturated carbocycles. The van der Waals surface area contributed by atoms with Gasteiger partial charge in [0.2, 0.25) is 0 Å². The average molecular weight is 271 g/mol. The molecule has 2 rings (SSSR count). The van der Waals surface area contributed by atoms with E-state index in [1.54, 1.807) is 23.8 Å². The van der Waals surface area contributed by atoms with Gasteiger partial charge in [-0.25, -0.2) is 0 Å². The average Bonchev–Trinajstić information content (AvgIpc) is 2.92. The second-order valence-corrected chi connectivity index (χ2v) is 4.66. The van der Waals surface area contributed by atoms with Gasteiger partial charge in [0, 0.05) is 24.3 Å². The fourth-order valence-electron chi connectivity index (χ4n) is 1.45. The highest BCUT2D eigenvalue weighted by molar-refractivity contribution is 7.10. The molecule has 1 amide bonds. The van der Waals surface area contributed by atoms with Crippen molar-refractivity contribution in [2.24, 2.45) is 5.73 Å². The fourth-order valence-corrected chi connectivity index (χ4v) is 2.20. The number of thiophene rings is 1. The largest absolute Gasteiger partial charge is 0.348 e. The summed E-state index contributed by atoms with van der Waals surface area (Å²) in [4.78, 5) is 16.7. The molecular formula is C14H13N3OS. The Morgan fingerprint density at radius 1 is 1.53 bits per heavy atom. The lowest BCUT2D eigenvalue weighted by Crippen LogP contribution is -2.22. The van der Waals surface area contributed by atoms with Crippen LogP contribution in [0.4, 0.5) is 0 Å².